The van der Waals surface area contributed by atoms with Crippen molar-refractivity contribution in [2.24, 2.45) is 5.92 Å². The fourth-order valence-corrected chi connectivity index (χ4v) is 3.27. The highest BCUT2D eigenvalue weighted by molar-refractivity contribution is 7.15. The Morgan fingerprint density at radius 2 is 2.05 bits per heavy atom. The van der Waals surface area contributed by atoms with Gasteiger partial charge in [0.1, 0.15) is 0 Å². The van der Waals surface area contributed by atoms with Crippen LogP contribution < -0.4 is 10.2 Å². The maximum atomic E-state index is 5.26. The topological polar surface area (TPSA) is 37.4 Å². The molecule has 1 heterocycles. The number of nitrogens with one attached hydrogen (secondary N) is 1. The molecule has 0 saturated heterocycles. The second-order valence-electron chi connectivity index (χ2n) is 5.67. The van der Waals surface area contributed by atoms with Crippen molar-refractivity contribution in [3.05, 3.63) is 10.6 Å². The molecular weight excluding hydrogens is 270 g/mol. The minimum atomic E-state index is 0.503. The van der Waals surface area contributed by atoms with Gasteiger partial charge < -0.3 is 15.0 Å². The van der Waals surface area contributed by atoms with E-state index in [1.165, 1.54) is 11.3 Å². The molecule has 116 valence electrons. The lowest BCUT2D eigenvalue weighted by Gasteiger charge is -2.25. The molecule has 0 aromatic carbocycles. The van der Waals surface area contributed by atoms with E-state index in [2.05, 4.69) is 45.0 Å². The van der Waals surface area contributed by atoms with E-state index in [0.29, 0.717) is 18.6 Å². The summed E-state index contributed by atoms with van der Waals surface area (Å²) in [5, 5.41) is 4.47. The smallest absolute Gasteiger partial charge is 0.185 e. The summed E-state index contributed by atoms with van der Waals surface area (Å²) in [6.45, 7) is 11.3. The highest BCUT2D eigenvalue weighted by atomic mass is 32.1. The van der Waals surface area contributed by atoms with Crippen molar-refractivity contribution in [3.63, 3.8) is 0 Å². The Morgan fingerprint density at radius 3 is 2.60 bits per heavy atom. The second-order valence-corrected chi connectivity index (χ2v) is 6.73. The van der Waals surface area contributed by atoms with Gasteiger partial charge in [0, 0.05) is 31.6 Å². The van der Waals surface area contributed by atoms with Gasteiger partial charge >= 0.3 is 0 Å². The Bertz CT molecular complexity index is 392. The number of methoxy groups -OCH3 is 1. The van der Waals surface area contributed by atoms with Gasteiger partial charge in [-0.3, -0.25) is 0 Å². The van der Waals surface area contributed by atoms with Gasteiger partial charge in [-0.25, -0.2) is 4.98 Å². The number of hydrogen-bond acceptors (Lipinski definition) is 5. The van der Waals surface area contributed by atoms with Gasteiger partial charge in [0.15, 0.2) is 5.13 Å². The lowest BCUT2D eigenvalue weighted by Crippen LogP contribution is -2.29. The monoisotopic (exact) mass is 299 g/mol. The Balaban J connectivity index is 2.83. The fourth-order valence-electron chi connectivity index (χ4n) is 2.18. The zero-order valence-corrected chi connectivity index (χ0v) is 14.5. The van der Waals surface area contributed by atoms with Crippen LogP contribution in [0.1, 0.15) is 44.7 Å². The van der Waals surface area contributed by atoms with E-state index in [0.717, 1.165) is 23.9 Å². The summed E-state index contributed by atoms with van der Waals surface area (Å²) in [4.78, 5) is 8.34. The average Bonchev–Trinajstić information content (AvgIpc) is 2.78. The fraction of sp³-hybridized carbons (Fsp3) is 0.800. The predicted molar refractivity (Wildman–Crippen MR) is 87.5 cm³/mol. The molecule has 0 aliphatic heterocycles. The van der Waals surface area contributed by atoms with Gasteiger partial charge in [-0.15, -0.1) is 11.3 Å². The van der Waals surface area contributed by atoms with Crippen LogP contribution in [0, 0.1) is 5.92 Å². The van der Waals surface area contributed by atoms with Gasteiger partial charge in [-0.05, 0) is 25.8 Å². The van der Waals surface area contributed by atoms with Crippen LogP contribution in [-0.2, 0) is 17.9 Å². The summed E-state index contributed by atoms with van der Waals surface area (Å²) in [6, 6.07) is 0.503. The third kappa shape index (κ3) is 5.04. The van der Waals surface area contributed by atoms with Gasteiger partial charge in [0.2, 0.25) is 0 Å². The van der Waals surface area contributed by atoms with Crippen molar-refractivity contribution >= 4 is 16.5 Å². The number of nitrogens with zero attached hydrogens (tertiary/aromatic N) is 2. The molecule has 4 nitrogen and oxygen atoms in total. The molecule has 1 N–H and O–H groups in total. The molecule has 0 bridgehead atoms. The van der Waals surface area contributed by atoms with E-state index in [-0.39, 0.29) is 0 Å². The minimum Gasteiger partial charge on any atom is -0.378 e. The first-order chi connectivity index (χ1) is 9.49. The number of rotatable bonds is 9. The maximum Gasteiger partial charge on any atom is 0.185 e. The van der Waals surface area contributed by atoms with Crippen molar-refractivity contribution in [1.29, 1.82) is 0 Å². The SMILES string of the molecule is CCNCc1sc(N(C)C(C)CC(C)C)nc1COC. The van der Waals surface area contributed by atoms with E-state index in [4.69, 9.17) is 9.72 Å². The number of aromatic nitrogens is 1. The van der Waals surface area contributed by atoms with Crippen LogP contribution in [0.3, 0.4) is 0 Å². The zero-order chi connectivity index (χ0) is 15.1. The van der Waals surface area contributed by atoms with Crippen molar-refractivity contribution in [3.8, 4) is 0 Å². The summed E-state index contributed by atoms with van der Waals surface area (Å²) >= 11 is 1.78. The Labute approximate surface area is 127 Å². The molecule has 1 aromatic heterocycles. The van der Waals surface area contributed by atoms with E-state index in [9.17, 15) is 0 Å². The highest BCUT2D eigenvalue weighted by Gasteiger charge is 2.18. The van der Waals surface area contributed by atoms with Gasteiger partial charge in [-0.2, -0.15) is 0 Å². The van der Waals surface area contributed by atoms with E-state index >= 15 is 0 Å². The molecule has 1 aromatic rings. The highest BCUT2D eigenvalue weighted by Crippen LogP contribution is 2.28. The molecule has 5 heteroatoms. The third-order valence-electron chi connectivity index (χ3n) is 3.36. The van der Waals surface area contributed by atoms with E-state index in [1.807, 2.05) is 0 Å². The standard InChI is InChI=1S/C15H29N3OS/c1-7-16-9-14-13(10-19-6)17-15(20-14)18(5)12(4)8-11(2)3/h11-12,16H,7-10H2,1-6H3. The summed E-state index contributed by atoms with van der Waals surface area (Å²) in [6.07, 6.45) is 1.18. The Hall–Kier alpha value is -0.650. The predicted octanol–water partition coefficient (Wildman–Crippen LogP) is 3.27. The molecule has 0 fully saturated rings. The van der Waals surface area contributed by atoms with Gasteiger partial charge in [-0.1, -0.05) is 20.8 Å². The average molecular weight is 299 g/mol. The minimum absolute atomic E-state index is 0.503. The molecule has 1 atom stereocenters. The molecule has 0 aliphatic rings. The number of hydrogen-bond donors (Lipinski definition) is 1. The molecule has 0 radical (unpaired) electrons. The molecule has 0 aliphatic carbocycles. The van der Waals surface area contributed by atoms with E-state index in [1.54, 1.807) is 18.4 Å². The largest absolute Gasteiger partial charge is 0.378 e. The molecule has 0 amide bonds. The maximum absolute atomic E-state index is 5.26. The number of ether oxygens (including phenoxy) is 1. The van der Waals surface area contributed by atoms with Crippen LogP contribution in [0.2, 0.25) is 0 Å². The number of thiazole rings is 1. The molecule has 0 saturated carbocycles. The summed E-state index contributed by atoms with van der Waals surface area (Å²) in [5.41, 5.74) is 1.07. The lowest BCUT2D eigenvalue weighted by atomic mass is 10.0. The second kappa shape index (κ2) is 8.60. The van der Waals surface area contributed by atoms with Crippen LogP contribution in [-0.4, -0.2) is 31.7 Å². The van der Waals surface area contributed by atoms with Crippen LogP contribution in [0.5, 0.6) is 0 Å². The quantitative estimate of drug-likeness (QED) is 0.759. The van der Waals surface area contributed by atoms with Crippen LogP contribution >= 0.6 is 11.3 Å². The first-order valence-electron chi connectivity index (χ1n) is 7.40. The van der Waals surface area contributed by atoms with Gasteiger partial charge in [0.05, 0.1) is 12.3 Å². The van der Waals surface area contributed by atoms with E-state index < -0.39 is 0 Å². The Kier molecular flexibility index (Phi) is 7.48. The van der Waals surface area contributed by atoms with Crippen molar-refractivity contribution < 1.29 is 4.74 Å². The van der Waals surface area contributed by atoms with Crippen molar-refractivity contribution in [1.82, 2.24) is 10.3 Å². The normalized spacial score (nSPS) is 12.9. The zero-order valence-electron chi connectivity index (χ0n) is 13.7. The third-order valence-corrected chi connectivity index (χ3v) is 4.55. The number of anilines is 1. The first-order valence-corrected chi connectivity index (χ1v) is 8.22. The van der Waals surface area contributed by atoms with Crippen molar-refractivity contribution in [2.75, 3.05) is 25.6 Å². The van der Waals surface area contributed by atoms with Crippen LogP contribution in [0.15, 0.2) is 0 Å². The molecule has 1 unspecified atom stereocenters. The molecular formula is C15H29N3OS. The van der Waals surface area contributed by atoms with Crippen LogP contribution in [0.4, 0.5) is 5.13 Å². The summed E-state index contributed by atoms with van der Waals surface area (Å²) in [5.74, 6) is 0.701. The van der Waals surface area contributed by atoms with Crippen molar-refractivity contribution in [2.45, 2.75) is 53.3 Å². The molecule has 20 heavy (non-hydrogen) atoms. The summed E-state index contributed by atoms with van der Waals surface area (Å²) in [7, 11) is 3.86. The molecule has 0 spiro atoms. The Morgan fingerprint density at radius 1 is 1.35 bits per heavy atom. The van der Waals surface area contributed by atoms with Crippen LogP contribution in [0.25, 0.3) is 0 Å². The first kappa shape index (κ1) is 17.4. The summed E-state index contributed by atoms with van der Waals surface area (Å²) < 4.78 is 5.26. The lowest BCUT2D eigenvalue weighted by molar-refractivity contribution is 0.181. The molecule has 1 rings (SSSR count). The van der Waals surface area contributed by atoms with Gasteiger partial charge in [0.25, 0.3) is 0 Å².